The Morgan fingerprint density at radius 2 is 1.88 bits per heavy atom. The molecule has 0 fully saturated rings. The fraction of sp³-hybridized carbons (Fsp3) is 0.917. The van der Waals surface area contributed by atoms with E-state index in [4.69, 9.17) is 9.94 Å². The lowest BCUT2D eigenvalue weighted by Crippen LogP contribution is -2.36. The van der Waals surface area contributed by atoms with E-state index in [1.807, 2.05) is 20.8 Å². The van der Waals surface area contributed by atoms with Crippen LogP contribution in [0.25, 0.3) is 0 Å². The predicted molar refractivity (Wildman–Crippen MR) is 64.2 cm³/mol. The maximum absolute atomic E-state index is 10.5. The summed E-state index contributed by atoms with van der Waals surface area (Å²) in [6.45, 7) is 9.32. The van der Waals surface area contributed by atoms with Crippen molar-refractivity contribution >= 4 is 5.97 Å². The third-order valence-corrected chi connectivity index (χ3v) is 1.99. The summed E-state index contributed by atoms with van der Waals surface area (Å²) >= 11 is 0. The van der Waals surface area contributed by atoms with Gasteiger partial charge in [-0.25, -0.2) is 0 Å². The molecule has 4 heteroatoms. The van der Waals surface area contributed by atoms with E-state index in [0.717, 1.165) is 25.8 Å². The maximum atomic E-state index is 10.5. The molecule has 1 N–H and O–H groups in total. The predicted octanol–water partition coefficient (Wildman–Crippen LogP) is 2.68. The number of hydroxylamine groups is 2. The van der Waals surface area contributed by atoms with E-state index >= 15 is 0 Å². The van der Waals surface area contributed by atoms with Gasteiger partial charge in [0.15, 0.2) is 0 Å². The van der Waals surface area contributed by atoms with Gasteiger partial charge >= 0.3 is 5.97 Å². The minimum atomic E-state index is -0.780. The summed E-state index contributed by atoms with van der Waals surface area (Å²) in [5.41, 5.74) is -0.259. The number of hydrogen-bond donors (Lipinski definition) is 1. The molecular weight excluding hydrogens is 206 g/mol. The summed E-state index contributed by atoms with van der Waals surface area (Å²) in [5.74, 6) is -0.780. The molecule has 0 bridgehead atoms. The molecule has 0 saturated heterocycles. The Balaban J connectivity index is 4.00. The highest BCUT2D eigenvalue weighted by Gasteiger charge is 2.17. The van der Waals surface area contributed by atoms with Gasteiger partial charge in [-0.2, -0.15) is 5.06 Å². The van der Waals surface area contributed by atoms with E-state index in [2.05, 4.69) is 6.92 Å². The zero-order valence-electron chi connectivity index (χ0n) is 11.0. The van der Waals surface area contributed by atoms with Crippen molar-refractivity contribution in [2.24, 2.45) is 0 Å². The first-order valence-corrected chi connectivity index (χ1v) is 6.01. The first kappa shape index (κ1) is 15.4. The van der Waals surface area contributed by atoms with Crippen LogP contribution in [0.5, 0.6) is 0 Å². The third kappa shape index (κ3) is 9.93. The van der Waals surface area contributed by atoms with Gasteiger partial charge in [0, 0.05) is 13.1 Å². The standard InChI is InChI=1S/C12H25NO3/c1-5-6-7-9-13(10-8-11(14)15)16-12(2,3)4/h5-10H2,1-4H3,(H,14,15). The van der Waals surface area contributed by atoms with Crippen LogP contribution in [0.1, 0.15) is 53.4 Å². The second-order valence-corrected chi connectivity index (χ2v) is 4.98. The van der Waals surface area contributed by atoms with Crippen molar-refractivity contribution < 1.29 is 14.7 Å². The molecule has 96 valence electrons. The Bertz CT molecular complexity index is 199. The lowest BCUT2D eigenvalue weighted by atomic mass is 10.2. The second-order valence-electron chi connectivity index (χ2n) is 4.98. The number of carboxylic acids is 1. The highest BCUT2D eigenvalue weighted by atomic mass is 16.7. The average Bonchev–Trinajstić information content (AvgIpc) is 2.12. The molecule has 0 aromatic rings. The summed E-state index contributed by atoms with van der Waals surface area (Å²) < 4.78 is 0. The summed E-state index contributed by atoms with van der Waals surface area (Å²) in [5, 5.41) is 10.4. The molecule has 0 rings (SSSR count). The van der Waals surface area contributed by atoms with Gasteiger partial charge in [0.05, 0.1) is 12.0 Å². The molecule has 0 atom stereocenters. The van der Waals surface area contributed by atoms with Crippen LogP contribution >= 0.6 is 0 Å². The fourth-order valence-corrected chi connectivity index (χ4v) is 1.35. The topological polar surface area (TPSA) is 49.8 Å². The van der Waals surface area contributed by atoms with E-state index in [1.165, 1.54) is 0 Å². The lowest BCUT2D eigenvalue weighted by Gasteiger charge is -2.29. The minimum Gasteiger partial charge on any atom is -0.481 e. The van der Waals surface area contributed by atoms with Crippen LogP contribution in [-0.2, 0) is 9.63 Å². The fourth-order valence-electron chi connectivity index (χ4n) is 1.35. The van der Waals surface area contributed by atoms with Gasteiger partial charge in [-0.1, -0.05) is 19.8 Å². The van der Waals surface area contributed by atoms with Crippen LogP contribution in [0.4, 0.5) is 0 Å². The van der Waals surface area contributed by atoms with Crippen molar-refractivity contribution in [2.75, 3.05) is 13.1 Å². The van der Waals surface area contributed by atoms with E-state index in [9.17, 15) is 4.79 Å². The Kier molecular flexibility index (Phi) is 7.34. The van der Waals surface area contributed by atoms with Gasteiger partial charge in [-0.05, 0) is 27.2 Å². The Morgan fingerprint density at radius 3 is 2.31 bits per heavy atom. The van der Waals surface area contributed by atoms with Crippen LogP contribution in [-0.4, -0.2) is 34.8 Å². The zero-order valence-corrected chi connectivity index (χ0v) is 11.0. The van der Waals surface area contributed by atoms with E-state index in [0.29, 0.717) is 6.54 Å². The molecule has 0 heterocycles. The number of unbranched alkanes of at least 4 members (excludes halogenated alkanes) is 2. The average molecular weight is 231 g/mol. The van der Waals surface area contributed by atoms with Crippen LogP contribution in [0.15, 0.2) is 0 Å². The van der Waals surface area contributed by atoms with Gasteiger partial charge in [0.2, 0.25) is 0 Å². The highest BCUT2D eigenvalue weighted by Crippen LogP contribution is 2.12. The zero-order chi connectivity index (χ0) is 12.6. The smallest absolute Gasteiger partial charge is 0.304 e. The van der Waals surface area contributed by atoms with Crippen molar-refractivity contribution in [3.05, 3.63) is 0 Å². The van der Waals surface area contributed by atoms with Gasteiger partial charge in [-0.15, -0.1) is 0 Å². The molecule has 0 radical (unpaired) electrons. The Hall–Kier alpha value is -0.610. The van der Waals surface area contributed by atoms with Crippen LogP contribution < -0.4 is 0 Å². The van der Waals surface area contributed by atoms with E-state index in [-0.39, 0.29) is 12.0 Å². The molecule has 0 spiro atoms. The van der Waals surface area contributed by atoms with Crippen molar-refractivity contribution in [3.8, 4) is 0 Å². The number of nitrogens with zero attached hydrogens (tertiary/aromatic N) is 1. The molecule has 0 aliphatic rings. The van der Waals surface area contributed by atoms with Gasteiger partial charge in [0.25, 0.3) is 0 Å². The van der Waals surface area contributed by atoms with Gasteiger partial charge in [-0.3, -0.25) is 9.63 Å². The maximum Gasteiger partial charge on any atom is 0.304 e. The number of rotatable bonds is 8. The number of carbonyl (C=O) groups is 1. The van der Waals surface area contributed by atoms with Crippen molar-refractivity contribution in [1.82, 2.24) is 5.06 Å². The molecule has 0 aromatic heterocycles. The summed E-state index contributed by atoms with van der Waals surface area (Å²) in [7, 11) is 0. The SMILES string of the molecule is CCCCCN(CCC(=O)O)OC(C)(C)C. The van der Waals surface area contributed by atoms with Crippen LogP contribution in [0.3, 0.4) is 0 Å². The second kappa shape index (κ2) is 7.63. The van der Waals surface area contributed by atoms with Crippen LogP contribution in [0, 0.1) is 0 Å². The molecule has 0 aliphatic carbocycles. The molecule has 0 amide bonds. The summed E-state index contributed by atoms with van der Waals surface area (Å²) in [4.78, 5) is 16.2. The molecule has 4 nitrogen and oxygen atoms in total. The highest BCUT2D eigenvalue weighted by molar-refractivity contribution is 5.66. The molecule has 0 aromatic carbocycles. The summed E-state index contributed by atoms with van der Waals surface area (Å²) in [6, 6.07) is 0. The quantitative estimate of drug-likeness (QED) is 0.515. The molecule has 0 aliphatic heterocycles. The normalized spacial score (nSPS) is 12.1. The third-order valence-electron chi connectivity index (χ3n) is 1.99. The number of carboxylic acid groups (broad SMARTS) is 1. The first-order valence-electron chi connectivity index (χ1n) is 6.01. The van der Waals surface area contributed by atoms with Crippen molar-refractivity contribution in [2.45, 2.75) is 59.0 Å². The van der Waals surface area contributed by atoms with Crippen molar-refractivity contribution in [3.63, 3.8) is 0 Å². The van der Waals surface area contributed by atoms with E-state index < -0.39 is 5.97 Å². The molecule has 0 saturated carbocycles. The van der Waals surface area contributed by atoms with Gasteiger partial charge in [0.1, 0.15) is 0 Å². The molecule has 0 unspecified atom stereocenters. The number of aliphatic carboxylic acids is 1. The Morgan fingerprint density at radius 1 is 1.25 bits per heavy atom. The molecule has 16 heavy (non-hydrogen) atoms. The van der Waals surface area contributed by atoms with Crippen molar-refractivity contribution in [1.29, 1.82) is 0 Å². The Labute approximate surface area is 98.5 Å². The van der Waals surface area contributed by atoms with E-state index in [1.54, 1.807) is 5.06 Å². The minimum absolute atomic E-state index is 0.127. The van der Waals surface area contributed by atoms with Crippen LogP contribution in [0.2, 0.25) is 0 Å². The first-order chi connectivity index (χ1) is 7.35. The monoisotopic (exact) mass is 231 g/mol. The molecular formula is C12H25NO3. The summed E-state index contributed by atoms with van der Waals surface area (Å²) in [6.07, 6.45) is 3.48. The number of hydrogen-bond acceptors (Lipinski definition) is 3. The largest absolute Gasteiger partial charge is 0.481 e. The van der Waals surface area contributed by atoms with Gasteiger partial charge < -0.3 is 5.11 Å². The lowest BCUT2D eigenvalue weighted by molar-refractivity contribution is -0.229.